The largest absolute Gasteiger partial charge is 0.492 e. The molecule has 2 rings (SSSR count). The molecule has 2 N–H and O–H groups in total. The van der Waals surface area contributed by atoms with Gasteiger partial charge in [-0.25, -0.2) is 4.79 Å². The maximum atomic E-state index is 11.6. The van der Waals surface area contributed by atoms with Crippen LogP contribution in [0, 0.1) is 3.57 Å². The molecule has 0 amide bonds. The van der Waals surface area contributed by atoms with E-state index >= 15 is 0 Å². The molecule has 1 aliphatic rings. The third-order valence-electron chi connectivity index (χ3n) is 2.81. The van der Waals surface area contributed by atoms with Crippen LogP contribution in [0.2, 0.25) is 0 Å². The van der Waals surface area contributed by atoms with E-state index in [1.54, 1.807) is 0 Å². The highest BCUT2D eigenvalue weighted by molar-refractivity contribution is 14.1. The Morgan fingerprint density at radius 1 is 1.71 bits per heavy atom. The van der Waals surface area contributed by atoms with Gasteiger partial charge >= 0.3 is 5.69 Å². The van der Waals surface area contributed by atoms with Gasteiger partial charge in [0.2, 0.25) is 5.88 Å². The summed E-state index contributed by atoms with van der Waals surface area (Å²) in [6, 6.07) is 0. The monoisotopic (exact) mass is 352 g/mol. The summed E-state index contributed by atoms with van der Waals surface area (Å²) in [7, 11) is 0. The molecule has 0 saturated carbocycles. The maximum Gasteiger partial charge on any atom is 0.353 e. The van der Waals surface area contributed by atoms with Crippen LogP contribution in [0.4, 0.5) is 0 Å². The van der Waals surface area contributed by atoms with Crippen molar-refractivity contribution in [1.82, 2.24) is 9.55 Å². The summed E-state index contributed by atoms with van der Waals surface area (Å²) < 4.78 is 7.35. The third-order valence-corrected chi connectivity index (χ3v) is 3.57. The van der Waals surface area contributed by atoms with Crippen LogP contribution in [0.25, 0.3) is 0 Å². The molecule has 0 radical (unpaired) electrons. The molecule has 3 atom stereocenters. The summed E-state index contributed by atoms with van der Waals surface area (Å²) in [4.78, 5) is 15.1. The van der Waals surface area contributed by atoms with Crippen molar-refractivity contribution in [2.45, 2.75) is 38.2 Å². The van der Waals surface area contributed by atoms with E-state index in [2.05, 4.69) is 4.98 Å². The van der Waals surface area contributed by atoms with Gasteiger partial charge in [0.15, 0.2) is 0 Å². The zero-order valence-corrected chi connectivity index (χ0v) is 11.4. The molecule has 94 valence electrons. The summed E-state index contributed by atoms with van der Waals surface area (Å²) >= 11 is 1.88. The van der Waals surface area contributed by atoms with Crippen LogP contribution < -0.4 is 5.69 Å². The van der Waals surface area contributed by atoms with Crippen LogP contribution in [0.3, 0.4) is 0 Å². The van der Waals surface area contributed by atoms with E-state index in [0.717, 1.165) is 0 Å². The van der Waals surface area contributed by atoms with Gasteiger partial charge in [-0.1, -0.05) is 6.92 Å². The molecule has 0 aromatic carbocycles. The van der Waals surface area contributed by atoms with Gasteiger partial charge < -0.3 is 14.9 Å². The molecular weight excluding hydrogens is 339 g/mol. The number of aliphatic hydroxyl groups is 1. The van der Waals surface area contributed by atoms with Gasteiger partial charge in [-0.05, 0) is 29.0 Å². The van der Waals surface area contributed by atoms with Gasteiger partial charge in [-0.3, -0.25) is 4.57 Å². The van der Waals surface area contributed by atoms with E-state index in [1.807, 2.05) is 29.5 Å². The first-order chi connectivity index (χ1) is 8.02. The highest BCUT2D eigenvalue weighted by Crippen LogP contribution is 2.29. The molecule has 2 heterocycles. The van der Waals surface area contributed by atoms with Crippen LogP contribution in [-0.2, 0) is 4.74 Å². The van der Waals surface area contributed by atoms with Gasteiger partial charge in [0.25, 0.3) is 0 Å². The molecule has 17 heavy (non-hydrogen) atoms. The Balaban J connectivity index is 2.30. The molecule has 0 aliphatic carbocycles. The Labute approximate surface area is 111 Å². The number of hydrogen-bond acceptors (Lipinski definition) is 5. The van der Waals surface area contributed by atoms with E-state index in [9.17, 15) is 15.0 Å². The van der Waals surface area contributed by atoms with Crippen molar-refractivity contribution in [1.29, 1.82) is 0 Å². The first-order valence-corrected chi connectivity index (χ1v) is 6.42. The second-order valence-corrected chi connectivity index (χ2v) is 5.10. The SMILES string of the molecule is CC[C@H]1O[C@@H](n2cc(I)c(O)nc2=O)C[C@@H]1O. The number of nitrogens with zero attached hydrogens (tertiary/aromatic N) is 2. The van der Waals surface area contributed by atoms with Crippen LogP contribution in [0.15, 0.2) is 11.0 Å². The number of halogens is 1. The van der Waals surface area contributed by atoms with Gasteiger partial charge in [-0.2, -0.15) is 4.98 Å². The fourth-order valence-corrected chi connectivity index (χ4v) is 2.32. The number of aromatic hydroxyl groups is 1. The Morgan fingerprint density at radius 3 is 3.00 bits per heavy atom. The minimum Gasteiger partial charge on any atom is -0.492 e. The molecule has 1 aromatic heterocycles. The lowest BCUT2D eigenvalue weighted by atomic mass is 10.1. The number of aromatic nitrogens is 2. The molecule has 7 heteroatoms. The summed E-state index contributed by atoms with van der Waals surface area (Å²) in [6.07, 6.45) is 1.21. The van der Waals surface area contributed by atoms with Crippen molar-refractivity contribution in [2.75, 3.05) is 0 Å². The summed E-state index contributed by atoms with van der Waals surface area (Å²) in [5, 5.41) is 19.0. The number of hydrogen-bond donors (Lipinski definition) is 2. The molecule has 0 unspecified atom stereocenters. The predicted molar refractivity (Wildman–Crippen MR) is 67.7 cm³/mol. The minimum atomic E-state index is -0.572. The van der Waals surface area contributed by atoms with Crippen molar-refractivity contribution in [3.63, 3.8) is 0 Å². The van der Waals surface area contributed by atoms with E-state index in [1.165, 1.54) is 10.8 Å². The lowest BCUT2D eigenvalue weighted by Gasteiger charge is -2.14. The lowest BCUT2D eigenvalue weighted by Crippen LogP contribution is -2.27. The van der Waals surface area contributed by atoms with Gasteiger partial charge in [0.05, 0.1) is 15.8 Å². The Bertz CT molecular complexity index is 476. The van der Waals surface area contributed by atoms with Gasteiger partial charge in [-0.15, -0.1) is 0 Å². The van der Waals surface area contributed by atoms with E-state index < -0.39 is 18.0 Å². The van der Waals surface area contributed by atoms with Crippen molar-refractivity contribution in [3.05, 3.63) is 20.3 Å². The minimum absolute atomic E-state index is 0.252. The smallest absolute Gasteiger partial charge is 0.353 e. The van der Waals surface area contributed by atoms with Gasteiger partial charge in [0.1, 0.15) is 6.23 Å². The van der Waals surface area contributed by atoms with Crippen molar-refractivity contribution in [2.24, 2.45) is 0 Å². The standard InChI is InChI=1S/C10H13IN2O4/c1-2-7-6(14)3-8(17-7)13-4-5(11)9(15)12-10(13)16/h4,6-8,14H,2-3H2,1H3,(H,12,15,16)/t6-,7+,8+/m0/s1. The molecule has 1 saturated heterocycles. The third kappa shape index (κ3) is 2.45. The second-order valence-electron chi connectivity index (χ2n) is 3.94. The van der Waals surface area contributed by atoms with E-state index in [0.29, 0.717) is 16.4 Å². The van der Waals surface area contributed by atoms with E-state index in [4.69, 9.17) is 4.74 Å². The molecule has 0 bridgehead atoms. The van der Waals surface area contributed by atoms with E-state index in [-0.39, 0.29) is 12.0 Å². The second kappa shape index (κ2) is 4.91. The highest BCUT2D eigenvalue weighted by Gasteiger charge is 2.34. The first kappa shape index (κ1) is 12.8. The lowest BCUT2D eigenvalue weighted by molar-refractivity contribution is -0.0219. The number of rotatable bonds is 2. The van der Waals surface area contributed by atoms with Crippen molar-refractivity contribution >= 4 is 22.6 Å². The average Bonchev–Trinajstić information content (AvgIpc) is 2.65. The summed E-state index contributed by atoms with van der Waals surface area (Å²) in [6.45, 7) is 1.91. The average molecular weight is 352 g/mol. The quantitative estimate of drug-likeness (QED) is 0.762. The first-order valence-electron chi connectivity index (χ1n) is 5.34. The zero-order chi connectivity index (χ0) is 12.6. The zero-order valence-electron chi connectivity index (χ0n) is 9.21. The maximum absolute atomic E-state index is 11.6. The molecule has 1 fully saturated rings. The fraction of sp³-hybridized carbons (Fsp3) is 0.600. The van der Waals surface area contributed by atoms with Crippen LogP contribution >= 0.6 is 22.6 Å². The number of ether oxygens (including phenoxy) is 1. The van der Waals surface area contributed by atoms with Crippen molar-refractivity contribution in [3.8, 4) is 5.88 Å². The molecule has 0 spiro atoms. The molecule has 1 aliphatic heterocycles. The van der Waals surface area contributed by atoms with Crippen molar-refractivity contribution < 1.29 is 14.9 Å². The predicted octanol–water partition coefficient (Wildman–Crippen LogP) is 0.612. The topological polar surface area (TPSA) is 84.6 Å². The molecule has 1 aromatic rings. The summed E-state index contributed by atoms with van der Waals surface area (Å²) in [5.74, 6) is -0.280. The van der Waals surface area contributed by atoms with Crippen LogP contribution in [-0.4, -0.2) is 32.0 Å². The normalized spacial score (nSPS) is 28.5. The highest BCUT2D eigenvalue weighted by atomic mass is 127. The number of aliphatic hydroxyl groups excluding tert-OH is 1. The Hall–Kier alpha value is -0.670. The van der Waals surface area contributed by atoms with Gasteiger partial charge in [0, 0.05) is 12.6 Å². The Kier molecular flexibility index (Phi) is 3.69. The molecular formula is C10H13IN2O4. The van der Waals surface area contributed by atoms with Crippen LogP contribution in [0.1, 0.15) is 26.0 Å². The Morgan fingerprint density at radius 2 is 2.41 bits per heavy atom. The van der Waals surface area contributed by atoms with Crippen LogP contribution in [0.5, 0.6) is 5.88 Å². The fourth-order valence-electron chi connectivity index (χ4n) is 1.90. The molecule has 6 nitrogen and oxygen atoms in total. The summed E-state index contributed by atoms with van der Waals surface area (Å²) in [5.41, 5.74) is -0.572.